The average molecular weight is 290 g/mol. The lowest BCUT2D eigenvalue weighted by Gasteiger charge is -2.21. The van der Waals surface area contributed by atoms with Crippen molar-refractivity contribution >= 4 is 5.69 Å². The highest BCUT2D eigenvalue weighted by molar-refractivity contribution is 5.33. The molecule has 21 heavy (non-hydrogen) atoms. The van der Waals surface area contributed by atoms with Crippen molar-refractivity contribution in [3.05, 3.63) is 51.3 Å². The molecule has 2 rings (SSSR count). The molecule has 0 spiro atoms. The van der Waals surface area contributed by atoms with Gasteiger partial charge in [0.15, 0.2) is 0 Å². The van der Waals surface area contributed by atoms with Gasteiger partial charge in [-0.2, -0.15) is 0 Å². The summed E-state index contributed by atoms with van der Waals surface area (Å²) in [6.45, 7) is 6.37. The molecule has 0 bridgehead atoms. The van der Waals surface area contributed by atoms with Gasteiger partial charge in [0, 0.05) is 17.5 Å². The number of nitro groups is 1. The highest BCUT2D eigenvalue weighted by Crippen LogP contribution is 2.25. The smallest absolute Gasteiger partial charge is 0.269 e. The molecule has 0 saturated heterocycles. The van der Waals surface area contributed by atoms with Crippen molar-refractivity contribution in [1.29, 1.82) is 0 Å². The van der Waals surface area contributed by atoms with Crippen LogP contribution in [0.3, 0.4) is 0 Å². The van der Waals surface area contributed by atoms with Crippen LogP contribution in [0, 0.1) is 10.1 Å². The van der Waals surface area contributed by atoms with Crippen LogP contribution in [0.15, 0.2) is 24.3 Å². The summed E-state index contributed by atoms with van der Waals surface area (Å²) >= 11 is 0. The Kier molecular flexibility index (Phi) is 4.04. The number of hydrogen-bond donors (Lipinski definition) is 1. The number of hydrogen-bond acceptors (Lipinski definition) is 5. The first-order chi connectivity index (χ1) is 9.82. The molecular weight excluding hydrogens is 272 g/mol. The standard InChI is InChI=1S/C14H18N4O3/c1-14(2,3)13-12(9-19)15-16-17(13)8-10-4-6-11(7-5-10)18(20)21/h4-7,19H,8-9H2,1-3H3. The van der Waals surface area contributed by atoms with E-state index in [9.17, 15) is 15.2 Å². The maximum Gasteiger partial charge on any atom is 0.269 e. The van der Waals surface area contributed by atoms with E-state index in [1.807, 2.05) is 20.8 Å². The minimum absolute atomic E-state index is 0.0597. The van der Waals surface area contributed by atoms with Crippen LogP contribution in [-0.2, 0) is 18.6 Å². The van der Waals surface area contributed by atoms with Gasteiger partial charge >= 0.3 is 0 Å². The second-order valence-corrected chi connectivity index (χ2v) is 5.87. The first-order valence-corrected chi connectivity index (χ1v) is 6.60. The second-order valence-electron chi connectivity index (χ2n) is 5.87. The summed E-state index contributed by atoms with van der Waals surface area (Å²) in [6.07, 6.45) is 0. The molecule has 0 radical (unpaired) electrons. The first-order valence-electron chi connectivity index (χ1n) is 6.60. The lowest BCUT2D eigenvalue weighted by molar-refractivity contribution is -0.384. The van der Waals surface area contributed by atoms with Crippen LogP contribution >= 0.6 is 0 Å². The molecule has 0 aliphatic rings. The third-order valence-electron chi connectivity index (χ3n) is 3.14. The Hall–Kier alpha value is -2.28. The van der Waals surface area contributed by atoms with Crippen molar-refractivity contribution in [3.63, 3.8) is 0 Å². The maximum atomic E-state index is 10.6. The van der Waals surface area contributed by atoms with Crippen molar-refractivity contribution in [2.24, 2.45) is 0 Å². The van der Waals surface area contributed by atoms with E-state index in [1.54, 1.807) is 16.8 Å². The Labute approximate surface area is 122 Å². The van der Waals surface area contributed by atoms with Crippen LogP contribution in [0.1, 0.15) is 37.7 Å². The number of nitrogens with zero attached hydrogens (tertiary/aromatic N) is 4. The van der Waals surface area contributed by atoms with Gasteiger partial charge < -0.3 is 5.11 Å². The van der Waals surface area contributed by atoms with Crippen LogP contribution in [-0.4, -0.2) is 25.0 Å². The molecule has 0 unspecified atom stereocenters. The molecular formula is C14H18N4O3. The number of aliphatic hydroxyl groups is 1. The van der Waals surface area contributed by atoms with Crippen molar-refractivity contribution in [1.82, 2.24) is 15.0 Å². The average Bonchev–Trinajstić information content (AvgIpc) is 2.82. The number of non-ortho nitro benzene ring substituents is 1. The Balaban J connectivity index is 2.31. The summed E-state index contributed by atoms with van der Waals surface area (Å²) in [5, 5.41) is 28.1. The molecule has 112 valence electrons. The van der Waals surface area contributed by atoms with Crippen LogP contribution in [0.25, 0.3) is 0 Å². The van der Waals surface area contributed by atoms with Crippen LogP contribution < -0.4 is 0 Å². The fourth-order valence-electron chi connectivity index (χ4n) is 2.28. The molecule has 0 aliphatic heterocycles. The van der Waals surface area contributed by atoms with E-state index in [4.69, 9.17) is 0 Å². The molecule has 0 atom stereocenters. The van der Waals surface area contributed by atoms with Gasteiger partial charge in [0.1, 0.15) is 5.69 Å². The van der Waals surface area contributed by atoms with Crippen molar-refractivity contribution < 1.29 is 10.0 Å². The molecule has 0 saturated carbocycles. The molecule has 7 heteroatoms. The van der Waals surface area contributed by atoms with E-state index >= 15 is 0 Å². The van der Waals surface area contributed by atoms with E-state index in [2.05, 4.69) is 10.3 Å². The van der Waals surface area contributed by atoms with Crippen molar-refractivity contribution in [2.45, 2.75) is 39.3 Å². The number of aliphatic hydroxyl groups excluding tert-OH is 1. The number of nitro benzene ring substituents is 1. The zero-order valence-electron chi connectivity index (χ0n) is 12.3. The van der Waals surface area contributed by atoms with Crippen LogP contribution in [0.2, 0.25) is 0 Å². The molecule has 1 N–H and O–H groups in total. The van der Waals surface area contributed by atoms with Crippen LogP contribution in [0.5, 0.6) is 0 Å². The third kappa shape index (κ3) is 3.25. The molecule has 0 amide bonds. The minimum Gasteiger partial charge on any atom is -0.390 e. The Bertz CT molecular complexity index is 641. The van der Waals surface area contributed by atoms with E-state index in [1.165, 1.54) is 12.1 Å². The van der Waals surface area contributed by atoms with Gasteiger partial charge in [0.05, 0.1) is 23.8 Å². The zero-order chi connectivity index (χ0) is 15.6. The third-order valence-corrected chi connectivity index (χ3v) is 3.14. The monoisotopic (exact) mass is 290 g/mol. The van der Waals surface area contributed by atoms with E-state index in [0.717, 1.165) is 11.3 Å². The summed E-state index contributed by atoms with van der Waals surface area (Å²) in [4.78, 5) is 10.2. The fraction of sp³-hybridized carbons (Fsp3) is 0.429. The summed E-state index contributed by atoms with van der Waals surface area (Å²) in [7, 11) is 0. The van der Waals surface area contributed by atoms with Gasteiger partial charge in [-0.1, -0.05) is 38.1 Å². The van der Waals surface area contributed by atoms with E-state index < -0.39 is 4.92 Å². The summed E-state index contributed by atoms with van der Waals surface area (Å²) in [5.74, 6) is 0. The largest absolute Gasteiger partial charge is 0.390 e. The first kappa shape index (κ1) is 15.1. The quantitative estimate of drug-likeness (QED) is 0.686. The predicted molar refractivity (Wildman–Crippen MR) is 76.8 cm³/mol. The van der Waals surface area contributed by atoms with Gasteiger partial charge in [-0.3, -0.25) is 10.1 Å². The predicted octanol–water partition coefficient (Wildman–Crippen LogP) is 2.02. The molecule has 0 fully saturated rings. The summed E-state index contributed by atoms with van der Waals surface area (Å²) in [5.41, 5.74) is 2.17. The van der Waals surface area contributed by atoms with Gasteiger partial charge in [-0.25, -0.2) is 4.68 Å². The number of aromatic nitrogens is 3. The van der Waals surface area contributed by atoms with Gasteiger partial charge in [0.25, 0.3) is 5.69 Å². The molecule has 1 heterocycles. The van der Waals surface area contributed by atoms with Gasteiger partial charge in [0.2, 0.25) is 0 Å². The summed E-state index contributed by atoms with van der Waals surface area (Å²) in [6, 6.07) is 6.34. The van der Waals surface area contributed by atoms with Crippen molar-refractivity contribution in [3.8, 4) is 0 Å². The molecule has 2 aromatic rings. The molecule has 0 aliphatic carbocycles. The molecule has 1 aromatic carbocycles. The topological polar surface area (TPSA) is 94.1 Å². The van der Waals surface area contributed by atoms with Gasteiger partial charge in [-0.05, 0) is 5.56 Å². The number of benzene rings is 1. The van der Waals surface area contributed by atoms with E-state index in [0.29, 0.717) is 12.2 Å². The van der Waals surface area contributed by atoms with Gasteiger partial charge in [-0.15, -0.1) is 5.10 Å². The zero-order valence-corrected chi connectivity index (χ0v) is 12.3. The Morgan fingerprint density at radius 1 is 1.29 bits per heavy atom. The molecule has 1 aromatic heterocycles. The highest BCUT2D eigenvalue weighted by atomic mass is 16.6. The number of rotatable bonds is 4. The van der Waals surface area contributed by atoms with Crippen molar-refractivity contribution in [2.75, 3.05) is 0 Å². The SMILES string of the molecule is CC(C)(C)c1c(CO)nnn1Cc1ccc([N+](=O)[O-])cc1. The summed E-state index contributed by atoms with van der Waals surface area (Å²) < 4.78 is 1.73. The Morgan fingerprint density at radius 3 is 2.38 bits per heavy atom. The fourth-order valence-corrected chi connectivity index (χ4v) is 2.28. The Morgan fingerprint density at radius 2 is 1.90 bits per heavy atom. The second kappa shape index (κ2) is 5.61. The lowest BCUT2D eigenvalue weighted by Crippen LogP contribution is -2.20. The minimum atomic E-state index is -0.427. The van der Waals surface area contributed by atoms with E-state index in [-0.39, 0.29) is 17.7 Å². The molecule has 7 nitrogen and oxygen atoms in total. The van der Waals surface area contributed by atoms with Crippen LogP contribution in [0.4, 0.5) is 5.69 Å². The maximum absolute atomic E-state index is 10.6. The lowest BCUT2D eigenvalue weighted by atomic mass is 9.90. The normalized spacial score (nSPS) is 11.6. The highest BCUT2D eigenvalue weighted by Gasteiger charge is 2.24.